The highest BCUT2D eigenvalue weighted by molar-refractivity contribution is 6.33. The number of likely N-dealkylation sites (N-methyl/N-ethyl adjacent to an activating group) is 1. The summed E-state index contributed by atoms with van der Waals surface area (Å²) in [7, 11) is 2.88. The molecule has 5 rings (SSSR count). The van der Waals surface area contributed by atoms with Crippen LogP contribution in [-0.4, -0.2) is 87.7 Å². The van der Waals surface area contributed by atoms with E-state index in [2.05, 4.69) is 0 Å². The Morgan fingerprint density at radius 3 is 2.32 bits per heavy atom. The number of nitrogens with two attached hydrogens (primary N) is 1. The van der Waals surface area contributed by atoms with Gasteiger partial charge in [-0.1, -0.05) is 30.3 Å². The van der Waals surface area contributed by atoms with Crippen LogP contribution < -0.4 is 10.5 Å². The summed E-state index contributed by atoms with van der Waals surface area (Å²) < 4.78 is 5.49. The smallest absolute Gasteiger partial charge is 0.235 e. The highest BCUT2D eigenvalue weighted by Gasteiger charge is 2.72. The van der Waals surface area contributed by atoms with E-state index in [4.69, 9.17) is 10.5 Å². The molecule has 3 aliphatic carbocycles. The lowest BCUT2D eigenvalue weighted by molar-refractivity contribution is -0.192. The monoisotopic (exact) mass is 562 g/mol. The van der Waals surface area contributed by atoms with Gasteiger partial charge in [-0.15, -0.1) is 0 Å². The zero-order valence-corrected chi connectivity index (χ0v) is 22.6. The number of phenolic OH excluding ortho intramolecular Hbond substituents is 1. The van der Waals surface area contributed by atoms with Crippen molar-refractivity contribution in [2.75, 3.05) is 20.7 Å². The number of fused-ring (bicyclic) bond motifs is 3. The van der Waals surface area contributed by atoms with E-state index in [-0.39, 0.29) is 11.1 Å². The summed E-state index contributed by atoms with van der Waals surface area (Å²) in [6, 6.07) is 9.78. The number of nitrogens with zero attached hydrogens (tertiary/aromatic N) is 1. The molecule has 214 valence electrons. The Morgan fingerprint density at radius 2 is 1.73 bits per heavy atom. The lowest BCUT2D eigenvalue weighted by Gasteiger charge is -2.55. The first-order valence-corrected chi connectivity index (χ1v) is 13.2. The van der Waals surface area contributed by atoms with Crippen molar-refractivity contribution in [3.8, 4) is 11.5 Å². The quantitative estimate of drug-likeness (QED) is 0.368. The Kier molecular flexibility index (Phi) is 6.93. The predicted molar refractivity (Wildman–Crippen MR) is 145 cm³/mol. The second-order valence-corrected chi connectivity index (χ2v) is 10.8. The minimum atomic E-state index is -3.06. The fourth-order valence-corrected chi connectivity index (χ4v) is 6.68. The normalized spacial score (nSPS) is 32.0. The van der Waals surface area contributed by atoms with Gasteiger partial charge in [0.15, 0.2) is 34.7 Å². The molecule has 0 aliphatic heterocycles. The lowest BCUT2D eigenvalue weighted by atomic mass is 9.50. The van der Waals surface area contributed by atoms with Crippen molar-refractivity contribution in [2.45, 2.75) is 24.7 Å². The van der Waals surface area contributed by atoms with Crippen molar-refractivity contribution in [3.63, 3.8) is 0 Å². The summed E-state index contributed by atoms with van der Waals surface area (Å²) in [5.41, 5.74) is 3.24. The Balaban J connectivity index is 1.76. The molecule has 0 radical (unpaired) electrons. The number of Topliss-reactive ketones (excluding diaryl/α,β-unsaturated/α-hetero) is 4. The van der Waals surface area contributed by atoms with Crippen LogP contribution in [0.2, 0.25) is 0 Å². The molecule has 3 aliphatic rings. The van der Waals surface area contributed by atoms with Gasteiger partial charge in [-0.05, 0) is 55.9 Å². The van der Waals surface area contributed by atoms with E-state index in [9.17, 15) is 39.3 Å². The molecular formula is C30H30N2O9. The molecule has 0 heterocycles. The van der Waals surface area contributed by atoms with Crippen LogP contribution in [0.25, 0.3) is 11.6 Å². The molecule has 0 aromatic heterocycles. The van der Waals surface area contributed by atoms with E-state index in [0.717, 1.165) is 0 Å². The molecule has 5 N–H and O–H groups in total. The number of phenols is 1. The number of amides is 1. The molecule has 0 spiro atoms. The van der Waals surface area contributed by atoms with Crippen LogP contribution in [0.3, 0.4) is 0 Å². The Hall–Kier alpha value is -4.19. The van der Waals surface area contributed by atoms with Gasteiger partial charge in [0.05, 0.1) is 36.2 Å². The number of carbonyl (C=O) groups is 5. The summed E-state index contributed by atoms with van der Waals surface area (Å²) in [6.07, 6.45) is -0.132. The number of aromatic hydroxyl groups is 1. The molecule has 2 saturated carbocycles. The largest absolute Gasteiger partial charge is 0.507 e. The third-order valence-corrected chi connectivity index (χ3v) is 8.39. The summed E-state index contributed by atoms with van der Waals surface area (Å²) in [5.74, 6) is -12.7. The van der Waals surface area contributed by atoms with Gasteiger partial charge in [-0.25, -0.2) is 0 Å². The molecule has 0 bridgehead atoms. The minimum absolute atomic E-state index is 0.205. The molecule has 7 atom stereocenters. The first-order valence-electron chi connectivity index (χ1n) is 13.2. The molecule has 1 amide bonds. The highest BCUT2D eigenvalue weighted by Crippen LogP contribution is 2.54. The number of hydrogen-bond acceptors (Lipinski definition) is 10. The van der Waals surface area contributed by atoms with E-state index in [0.29, 0.717) is 23.5 Å². The maximum Gasteiger partial charge on any atom is 0.235 e. The van der Waals surface area contributed by atoms with Crippen LogP contribution in [0.15, 0.2) is 42.5 Å². The van der Waals surface area contributed by atoms with Gasteiger partial charge in [0.2, 0.25) is 5.91 Å². The number of carbonyl (C=O) groups excluding carboxylic acids is 5. The van der Waals surface area contributed by atoms with Crippen LogP contribution in [-0.2, 0) is 19.2 Å². The van der Waals surface area contributed by atoms with E-state index in [1.165, 1.54) is 31.1 Å². The zero-order valence-electron chi connectivity index (χ0n) is 22.6. The molecule has 0 saturated heterocycles. The number of rotatable bonds is 5. The fraction of sp³-hybridized carbons (Fsp3) is 0.367. The molecule has 2 unspecified atom stereocenters. The molecule has 2 aromatic carbocycles. The van der Waals surface area contributed by atoms with Gasteiger partial charge >= 0.3 is 0 Å². The van der Waals surface area contributed by atoms with Crippen LogP contribution in [0.4, 0.5) is 0 Å². The Bertz CT molecular complexity index is 1510. The van der Waals surface area contributed by atoms with Crippen molar-refractivity contribution in [3.05, 3.63) is 59.2 Å². The number of ketones is 4. The topological polar surface area (TPSA) is 185 Å². The first-order chi connectivity index (χ1) is 19.4. The van der Waals surface area contributed by atoms with Gasteiger partial charge in [-0.3, -0.25) is 28.9 Å². The SMILES string of the molecule is CCOc1ccc(C=C2c3cccc(O)c3C(=O)C3C(=O)[C@]4(O)C(=O)C(C(N)=O)C(=O)[C@@H](N(C)C)[C@@H]4[C@@H](O)[C@H]23)cc1. The third kappa shape index (κ3) is 4.03. The lowest BCUT2D eigenvalue weighted by Crippen LogP contribution is -2.77. The van der Waals surface area contributed by atoms with E-state index in [1.54, 1.807) is 36.4 Å². The first kappa shape index (κ1) is 28.3. The van der Waals surface area contributed by atoms with Crippen molar-refractivity contribution < 1.29 is 44.0 Å². The van der Waals surface area contributed by atoms with Gasteiger partial charge in [-0.2, -0.15) is 0 Å². The highest BCUT2D eigenvalue weighted by atomic mass is 16.5. The molecular weight excluding hydrogens is 532 g/mol. The maximum absolute atomic E-state index is 14.2. The molecule has 2 fully saturated rings. The summed E-state index contributed by atoms with van der Waals surface area (Å²) >= 11 is 0. The fourth-order valence-electron chi connectivity index (χ4n) is 6.68. The zero-order chi connectivity index (χ0) is 30.0. The Morgan fingerprint density at radius 1 is 1.07 bits per heavy atom. The van der Waals surface area contributed by atoms with Crippen LogP contribution in [0.1, 0.15) is 28.4 Å². The van der Waals surface area contributed by atoms with Gasteiger partial charge in [0.25, 0.3) is 0 Å². The van der Waals surface area contributed by atoms with Crippen LogP contribution >= 0.6 is 0 Å². The number of aliphatic hydroxyl groups is 2. The van der Waals surface area contributed by atoms with E-state index >= 15 is 0 Å². The maximum atomic E-state index is 14.2. The van der Waals surface area contributed by atoms with Crippen molar-refractivity contribution >= 4 is 40.7 Å². The van der Waals surface area contributed by atoms with Gasteiger partial charge in [0, 0.05) is 5.92 Å². The number of primary amides is 1. The predicted octanol–water partition coefficient (Wildman–Crippen LogP) is 0.235. The number of ether oxygens (including phenoxy) is 1. The second kappa shape index (κ2) is 10.0. The Labute approximate surface area is 235 Å². The minimum Gasteiger partial charge on any atom is -0.507 e. The van der Waals surface area contributed by atoms with E-state index < -0.39 is 76.2 Å². The van der Waals surface area contributed by atoms with E-state index in [1.807, 2.05) is 6.92 Å². The molecule has 41 heavy (non-hydrogen) atoms. The average molecular weight is 563 g/mol. The number of benzene rings is 2. The molecule has 11 nitrogen and oxygen atoms in total. The average Bonchev–Trinajstić information content (AvgIpc) is 2.91. The third-order valence-electron chi connectivity index (χ3n) is 8.39. The van der Waals surface area contributed by atoms with Crippen molar-refractivity contribution in [1.82, 2.24) is 4.90 Å². The van der Waals surface area contributed by atoms with Gasteiger partial charge < -0.3 is 25.8 Å². The molecule has 2 aromatic rings. The number of aliphatic hydroxyl groups excluding tert-OH is 1. The number of hydrogen-bond donors (Lipinski definition) is 4. The van der Waals surface area contributed by atoms with Crippen molar-refractivity contribution in [1.29, 1.82) is 0 Å². The summed E-state index contributed by atoms with van der Waals surface area (Å²) in [4.78, 5) is 68.3. The van der Waals surface area contributed by atoms with Crippen LogP contribution in [0.5, 0.6) is 11.5 Å². The summed E-state index contributed by atoms with van der Waals surface area (Å²) in [5, 5.41) is 34.4. The van der Waals surface area contributed by atoms with Crippen molar-refractivity contribution in [2.24, 2.45) is 29.4 Å². The van der Waals surface area contributed by atoms with Gasteiger partial charge in [0.1, 0.15) is 11.5 Å². The molecule has 11 heteroatoms. The van der Waals surface area contributed by atoms with Crippen LogP contribution in [0, 0.1) is 23.7 Å². The second-order valence-electron chi connectivity index (χ2n) is 10.8. The summed E-state index contributed by atoms with van der Waals surface area (Å²) in [6.45, 7) is 2.30. The standard InChI is InChI=1S/C30H30N2O9/c1-4-41-14-10-8-13(9-11-14)12-16-15-6-5-7-17(33)18(15)24(34)20-19(16)25(35)22-23(32(2)3)26(36)21(29(31)39)28(38)30(22,40)27(20)37/h5-12,19-23,25,33,35,40H,4H2,1-3H3,(H2,31,39)/t19-,20?,21?,22-,23+,25+,30+/m1/s1.